The fraction of sp³-hybridized carbons (Fsp3) is 0.0714. The van der Waals surface area contributed by atoms with Crippen LogP contribution in [0.25, 0.3) is 0 Å². The number of amides is 1. The Morgan fingerprint density at radius 1 is 1.05 bits per heavy atom. The van der Waals surface area contributed by atoms with Crippen LogP contribution in [0.3, 0.4) is 0 Å². The molecule has 0 spiro atoms. The average molecular weight is 315 g/mol. The summed E-state index contributed by atoms with van der Waals surface area (Å²) in [6.45, 7) is 0. The van der Waals surface area contributed by atoms with Crippen LogP contribution in [-0.4, -0.2) is 13.0 Å². The molecule has 0 unspecified atom stereocenters. The molecule has 0 aliphatic rings. The Morgan fingerprint density at radius 3 is 2.38 bits per heavy atom. The maximum atomic E-state index is 13.5. The molecule has 0 saturated carbocycles. The highest BCUT2D eigenvalue weighted by molar-refractivity contribution is 6.31. The monoisotopic (exact) mass is 314 g/mol. The summed E-state index contributed by atoms with van der Waals surface area (Å²) in [6.07, 6.45) is 0. The minimum absolute atomic E-state index is 0.147. The summed E-state index contributed by atoms with van der Waals surface area (Å²) in [5.74, 6) is -5.14. The summed E-state index contributed by atoms with van der Waals surface area (Å²) in [7, 11) is 1.60. The lowest BCUT2D eigenvalue weighted by molar-refractivity contribution is 0.102. The Bertz CT molecular complexity index is 707. The minimum atomic E-state index is -1.65. The predicted octanol–water partition coefficient (Wildman–Crippen LogP) is 4.05. The van der Waals surface area contributed by atoms with E-state index in [1.807, 2.05) is 0 Å². The van der Waals surface area contributed by atoms with Crippen LogP contribution in [0.1, 0.15) is 10.4 Å². The van der Waals surface area contributed by atoms with Gasteiger partial charge in [0.05, 0.1) is 11.3 Å². The lowest BCUT2D eigenvalue weighted by Gasteiger charge is -2.11. The molecule has 0 radical (unpaired) electrons. The van der Waals surface area contributed by atoms with Crippen molar-refractivity contribution < 1.29 is 18.0 Å². The first-order valence-corrected chi connectivity index (χ1v) is 6.24. The Kier molecular flexibility index (Phi) is 4.37. The van der Waals surface area contributed by atoms with Gasteiger partial charge in [-0.05, 0) is 30.3 Å². The van der Waals surface area contributed by atoms with Crippen LogP contribution in [0.5, 0.6) is 0 Å². The third-order valence-electron chi connectivity index (χ3n) is 2.78. The van der Waals surface area contributed by atoms with Crippen LogP contribution in [-0.2, 0) is 0 Å². The molecule has 21 heavy (non-hydrogen) atoms. The number of hydrogen-bond acceptors (Lipinski definition) is 2. The van der Waals surface area contributed by atoms with Crippen molar-refractivity contribution in [3.63, 3.8) is 0 Å². The van der Waals surface area contributed by atoms with Gasteiger partial charge in [-0.1, -0.05) is 11.6 Å². The zero-order valence-electron chi connectivity index (χ0n) is 10.8. The summed E-state index contributed by atoms with van der Waals surface area (Å²) >= 11 is 5.81. The minimum Gasteiger partial charge on any atom is -0.387 e. The highest BCUT2D eigenvalue weighted by Crippen LogP contribution is 2.24. The second-order valence-corrected chi connectivity index (χ2v) is 4.55. The summed E-state index contributed by atoms with van der Waals surface area (Å²) in [4.78, 5) is 12.1. The molecule has 0 bridgehead atoms. The van der Waals surface area contributed by atoms with E-state index in [1.54, 1.807) is 19.2 Å². The number of halogens is 4. The van der Waals surface area contributed by atoms with E-state index < -0.39 is 29.0 Å². The lowest BCUT2D eigenvalue weighted by atomic mass is 10.1. The number of nitrogens with one attached hydrogen (secondary N) is 2. The third-order valence-corrected chi connectivity index (χ3v) is 3.01. The van der Waals surface area contributed by atoms with Gasteiger partial charge < -0.3 is 10.6 Å². The molecule has 7 heteroatoms. The van der Waals surface area contributed by atoms with Crippen LogP contribution < -0.4 is 10.6 Å². The maximum absolute atomic E-state index is 13.5. The number of anilines is 2. The van der Waals surface area contributed by atoms with Crippen LogP contribution in [0, 0.1) is 17.5 Å². The average Bonchev–Trinajstić information content (AvgIpc) is 2.47. The zero-order valence-corrected chi connectivity index (χ0v) is 11.6. The Hall–Kier alpha value is -2.21. The second-order valence-electron chi connectivity index (χ2n) is 4.12. The molecule has 0 aliphatic heterocycles. The first kappa shape index (κ1) is 15.2. The van der Waals surface area contributed by atoms with Gasteiger partial charge in [0.25, 0.3) is 5.91 Å². The summed E-state index contributed by atoms with van der Waals surface area (Å²) in [6, 6.07) is 6.18. The van der Waals surface area contributed by atoms with Crippen molar-refractivity contribution in [1.82, 2.24) is 0 Å². The molecular formula is C14H10ClF3N2O. The first-order chi connectivity index (χ1) is 9.93. The van der Waals surface area contributed by atoms with E-state index in [1.165, 1.54) is 6.07 Å². The highest BCUT2D eigenvalue weighted by atomic mass is 35.5. The Labute approximate surface area is 123 Å². The topological polar surface area (TPSA) is 41.1 Å². The number of carbonyl (C=O) groups is 1. The van der Waals surface area contributed by atoms with E-state index in [0.717, 1.165) is 12.1 Å². The fourth-order valence-corrected chi connectivity index (χ4v) is 1.91. The first-order valence-electron chi connectivity index (χ1n) is 5.86. The molecule has 0 aromatic heterocycles. The molecule has 110 valence electrons. The van der Waals surface area contributed by atoms with Crippen molar-refractivity contribution in [2.24, 2.45) is 0 Å². The molecule has 3 nitrogen and oxygen atoms in total. The highest BCUT2D eigenvalue weighted by Gasteiger charge is 2.17. The maximum Gasteiger partial charge on any atom is 0.257 e. The Morgan fingerprint density at radius 2 is 1.71 bits per heavy atom. The van der Waals surface area contributed by atoms with Gasteiger partial charge in [0.1, 0.15) is 0 Å². The third kappa shape index (κ3) is 3.11. The van der Waals surface area contributed by atoms with E-state index in [0.29, 0.717) is 10.7 Å². The summed E-state index contributed by atoms with van der Waals surface area (Å²) < 4.78 is 39.5. The molecule has 0 saturated heterocycles. The molecule has 1 amide bonds. The van der Waals surface area contributed by atoms with Gasteiger partial charge in [-0.25, -0.2) is 13.2 Å². The molecule has 2 aromatic rings. The largest absolute Gasteiger partial charge is 0.387 e. The van der Waals surface area contributed by atoms with Crippen LogP contribution in [0.4, 0.5) is 24.5 Å². The van der Waals surface area contributed by atoms with Crippen molar-refractivity contribution in [2.75, 3.05) is 17.7 Å². The summed E-state index contributed by atoms with van der Waals surface area (Å²) in [5.41, 5.74) is 0.148. The smallest absolute Gasteiger partial charge is 0.257 e. The molecule has 0 fully saturated rings. The van der Waals surface area contributed by atoms with Gasteiger partial charge in [-0.2, -0.15) is 0 Å². The van der Waals surface area contributed by atoms with E-state index in [2.05, 4.69) is 10.6 Å². The van der Waals surface area contributed by atoms with Crippen molar-refractivity contribution >= 4 is 28.9 Å². The van der Waals surface area contributed by atoms with Crippen molar-refractivity contribution in [3.8, 4) is 0 Å². The van der Waals surface area contributed by atoms with E-state index in [9.17, 15) is 18.0 Å². The van der Waals surface area contributed by atoms with Gasteiger partial charge in [0, 0.05) is 17.8 Å². The lowest BCUT2D eigenvalue weighted by Crippen LogP contribution is -2.15. The van der Waals surface area contributed by atoms with E-state index >= 15 is 0 Å². The fourth-order valence-electron chi connectivity index (χ4n) is 1.73. The molecule has 2 aromatic carbocycles. The molecule has 0 aliphatic carbocycles. The van der Waals surface area contributed by atoms with Crippen molar-refractivity contribution in [3.05, 3.63) is 58.4 Å². The molecular weight excluding hydrogens is 305 g/mol. The number of benzene rings is 2. The Balaban J connectivity index is 2.35. The predicted molar refractivity (Wildman–Crippen MR) is 75.3 cm³/mol. The van der Waals surface area contributed by atoms with Crippen LogP contribution >= 0.6 is 11.6 Å². The molecule has 0 atom stereocenters. The van der Waals surface area contributed by atoms with Gasteiger partial charge in [-0.3, -0.25) is 4.79 Å². The number of rotatable bonds is 3. The van der Waals surface area contributed by atoms with Crippen molar-refractivity contribution in [1.29, 1.82) is 0 Å². The number of carbonyl (C=O) groups excluding carboxylic acids is 1. The van der Waals surface area contributed by atoms with Gasteiger partial charge >= 0.3 is 0 Å². The standard InChI is InChI=1S/C14H10ClF3N2O/c1-19-10-4-2-7(15)6-8(10)14(21)20-11-5-3-9(16)12(17)13(11)18/h2-6,19H,1H3,(H,20,21). The SMILES string of the molecule is CNc1ccc(Cl)cc1C(=O)Nc1ccc(F)c(F)c1F. The molecule has 2 rings (SSSR count). The van der Waals surface area contributed by atoms with Crippen LogP contribution in [0.15, 0.2) is 30.3 Å². The molecule has 2 N–H and O–H groups in total. The van der Waals surface area contributed by atoms with Gasteiger partial charge in [-0.15, -0.1) is 0 Å². The van der Waals surface area contributed by atoms with Crippen LogP contribution in [0.2, 0.25) is 5.02 Å². The zero-order chi connectivity index (χ0) is 15.6. The summed E-state index contributed by atoms with van der Waals surface area (Å²) in [5, 5.41) is 5.26. The van der Waals surface area contributed by atoms with E-state index in [4.69, 9.17) is 11.6 Å². The van der Waals surface area contributed by atoms with Crippen molar-refractivity contribution in [2.45, 2.75) is 0 Å². The van der Waals surface area contributed by atoms with E-state index in [-0.39, 0.29) is 5.56 Å². The normalized spacial score (nSPS) is 10.3. The molecule has 0 heterocycles. The second kappa shape index (κ2) is 6.05. The van der Waals surface area contributed by atoms with Gasteiger partial charge in [0.2, 0.25) is 0 Å². The quantitative estimate of drug-likeness (QED) is 0.839. The number of hydrogen-bond donors (Lipinski definition) is 2. The van der Waals surface area contributed by atoms with Gasteiger partial charge in [0.15, 0.2) is 17.5 Å².